The number of hydrogen-bond donors (Lipinski definition) is 2. The molecule has 4 nitrogen and oxygen atoms in total. The highest BCUT2D eigenvalue weighted by Crippen LogP contribution is 2.24. The molecule has 1 fully saturated rings. The van der Waals surface area contributed by atoms with Crippen LogP contribution in [-0.4, -0.2) is 31.2 Å². The first-order valence-corrected chi connectivity index (χ1v) is 7.05. The Kier molecular flexibility index (Phi) is 3.69. The molecule has 1 amide bonds. The van der Waals surface area contributed by atoms with Crippen LogP contribution < -0.4 is 10.6 Å². The fraction of sp³-hybridized carbons (Fsp3) is 0.533. The van der Waals surface area contributed by atoms with Crippen molar-refractivity contribution in [1.29, 1.82) is 0 Å². The molecule has 3 rings (SSSR count). The Hall–Kier alpha value is -1.55. The molecule has 2 heterocycles. The van der Waals surface area contributed by atoms with Crippen molar-refractivity contribution in [2.75, 3.05) is 18.5 Å². The van der Waals surface area contributed by atoms with Crippen LogP contribution in [0.2, 0.25) is 0 Å². The van der Waals surface area contributed by atoms with E-state index in [1.807, 2.05) is 18.2 Å². The molecule has 19 heavy (non-hydrogen) atoms. The normalized spacial score (nSPS) is 26.1. The van der Waals surface area contributed by atoms with E-state index in [1.165, 1.54) is 5.56 Å². The summed E-state index contributed by atoms with van der Waals surface area (Å²) >= 11 is 0. The molecule has 2 atom stereocenters. The van der Waals surface area contributed by atoms with Gasteiger partial charge in [0.15, 0.2) is 0 Å². The number of hydrogen-bond acceptors (Lipinski definition) is 3. The molecular formula is C15H20N2O2. The molecule has 0 aliphatic carbocycles. The second kappa shape index (κ2) is 5.61. The predicted octanol–water partition coefficient (Wildman–Crippen LogP) is 1.71. The third-order valence-corrected chi connectivity index (χ3v) is 3.87. The molecule has 1 aromatic rings. The van der Waals surface area contributed by atoms with E-state index in [4.69, 9.17) is 4.74 Å². The number of benzene rings is 1. The van der Waals surface area contributed by atoms with Gasteiger partial charge in [-0.25, -0.2) is 0 Å². The van der Waals surface area contributed by atoms with E-state index < -0.39 is 0 Å². The van der Waals surface area contributed by atoms with Gasteiger partial charge < -0.3 is 15.4 Å². The first-order chi connectivity index (χ1) is 9.33. The van der Waals surface area contributed by atoms with Crippen LogP contribution in [0.15, 0.2) is 24.3 Å². The molecular weight excluding hydrogens is 240 g/mol. The summed E-state index contributed by atoms with van der Waals surface area (Å²) in [6.07, 6.45) is 3.87. The Morgan fingerprint density at radius 2 is 2.21 bits per heavy atom. The SMILES string of the molecule is O=C(NC1CCCOC1)C1CCc2ccccc2N1. The van der Waals surface area contributed by atoms with Crippen LogP contribution in [0.5, 0.6) is 0 Å². The second-order valence-electron chi connectivity index (χ2n) is 5.32. The number of nitrogens with one attached hydrogen (secondary N) is 2. The van der Waals surface area contributed by atoms with E-state index in [1.54, 1.807) is 0 Å². The van der Waals surface area contributed by atoms with E-state index in [9.17, 15) is 4.79 Å². The monoisotopic (exact) mass is 260 g/mol. The zero-order valence-corrected chi connectivity index (χ0v) is 11.0. The van der Waals surface area contributed by atoms with E-state index in [0.717, 1.165) is 38.0 Å². The largest absolute Gasteiger partial charge is 0.379 e. The van der Waals surface area contributed by atoms with Crippen molar-refractivity contribution >= 4 is 11.6 Å². The lowest BCUT2D eigenvalue weighted by Gasteiger charge is -2.29. The minimum absolute atomic E-state index is 0.102. The Morgan fingerprint density at radius 3 is 3.05 bits per heavy atom. The van der Waals surface area contributed by atoms with Crippen molar-refractivity contribution in [1.82, 2.24) is 5.32 Å². The number of carbonyl (C=O) groups is 1. The minimum atomic E-state index is -0.114. The molecule has 0 aromatic heterocycles. The highest BCUT2D eigenvalue weighted by atomic mass is 16.5. The lowest BCUT2D eigenvalue weighted by molar-refractivity contribution is -0.123. The summed E-state index contributed by atoms with van der Waals surface area (Å²) in [5, 5.41) is 6.43. The maximum absolute atomic E-state index is 12.2. The van der Waals surface area contributed by atoms with E-state index in [2.05, 4.69) is 16.7 Å². The van der Waals surface area contributed by atoms with Crippen LogP contribution in [0, 0.1) is 0 Å². The van der Waals surface area contributed by atoms with Crippen LogP contribution >= 0.6 is 0 Å². The fourth-order valence-corrected chi connectivity index (χ4v) is 2.79. The highest BCUT2D eigenvalue weighted by Gasteiger charge is 2.26. The Balaban J connectivity index is 1.59. The average molecular weight is 260 g/mol. The lowest BCUT2D eigenvalue weighted by Crippen LogP contribution is -2.48. The van der Waals surface area contributed by atoms with Crippen molar-refractivity contribution in [3.8, 4) is 0 Å². The number of para-hydroxylation sites is 1. The van der Waals surface area contributed by atoms with Crippen molar-refractivity contribution in [3.05, 3.63) is 29.8 Å². The Labute approximate surface area is 113 Å². The van der Waals surface area contributed by atoms with Gasteiger partial charge in [-0.1, -0.05) is 18.2 Å². The third kappa shape index (κ3) is 2.89. The predicted molar refractivity (Wildman–Crippen MR) is 74.2 cm³/mol. The molecule has 1 saturated heterocycles. The number of amides is 1. The van der Waals surface area contributed by atoms with E-state index >= 15 is 0 Å². The Bertz CT molecular complexity index is 455. The van der Waals surface area contributed by atoms with Gasteiger partial charge in [-0.15, -0.1) is 0 Å². The smallest absolute Gasteiger partial charge is 0.242 e. The van der Waals surface area contributed by atoms with Gasteiger partial charge in [-0.3, -0.25) is 4.79 Å². The van der Waals surface area contributed by atoms with Crippen LogP contribution in [0.4, 0.5) is 5.69 Å². The van der Waals surface area contributed by atoms with E-state index in [0.29, 0.717) is 6.61 Å². The first kappa shape index (κ1) is 12.5. The molecule has 4 heteroatoms. The molecule has 2 aliphatic rings. The fourth-order valence-electron chi connectivity index (χ4n) is 2.79. The van der Waals surface area contributed by atoms with Gasteiger partial charge in [0.05, 0.1) is 12.6 Å². The first-order valence-electron chi connectivity index (χ1n) is 7.05. The standard InChI is InChI=1S/C15H20N2O2/c18-15(16-12-5-3-9-19-10-12)14-8-7-11-4-1-2-6-13(11)17-14/h1-2,4,6,12,14,17H,3,5,7-10H2,(H,16,18). The van der Waals surface area contributed by atoms with Crippen LogP contribution in [0.3, 0.4) is 0 Å². The lowest BCUT2D eigenvalue weighted by atomic mass is 9.97. The number of anilines is 1. The Morgan fingerprint density at radius 1 is 1.32 bits per heavy atom. The maximum atomic E-state index is 12.2. The van der Waals surface area contributed by atoms with Crippen molar-refractivity contribution in [2.45, 2.75) is 37.8 Å². The van der Waals surface area contributed by atoms with Crippen LogP contribution in [0.1, 0.15) is 24.8 Å². The van der Waals surface area contributed by atoms with E-state index in [-0.39, 0.29) is 18.0 Å². The number of rotatable bonds is 2. The number of carbonyl (C=O) groups excluding carboxylic acids is 1. The zero-order chi connectivity index (χ0) is 13.1. The molecule has 1 aromatic carbocycles. The molecule has 2 aliphatic heterocycles. The van der Waals surface area contributed by atoms with Gasteiger partial charge in [0.1, 0.15) is 6.04 Å². The summed E-state index contributed by atoms with van der Waals surface area (Å²) in [4.78, 5) is 12.2. The summed E-state index contributed by atoms with van der Waals surface area (Å²) in [5.41, 5.74) is 2.39. The summed E-state index contributed by atoms with van der Waals surface area (Å²) in [6.45, 7) is 1.47. The number of aryl methyl sites for hydroxylation is 1. The summed E-state index contributed by atoms with van der Waals surface area (Å²) in [7, 11) is 0. The average Bonchev–Trinajstić information content (AvgIpc) is 2.48. The van der Waals surface area contributed by atoms with Gasteiger partial charge in [-0.2, -0.15) is 0 Å². The molecule has 0 bridgehead atoms. The van der Waals surface area contributed by atoms with Crippen LogP contribution in [-0.2, 0) is 16.0 Å². The summed E-state index contributed by atoms with van der Waals surface area (Å²) < 4.78 is 5.39. The van der Waals surface area contributed by atoms with Crippen molar-refractivity contribution in [2.24, 2.45) is 0 Å². The molecule has 2 N–H and O–H groups in total. The minimum Gasteiger partial charge on any atom is -0.379 e. The maximum Gasteiger partial charge on any atom is 0.242 e. The molecule has 2 unspecified atom stereocenters. The summed E-state index contributed by atoms with van der Waals surface area (Å²) in [5.74, 6) is 0.102. The number of ether oxygens (including phenoxy) is 1. The van der Waals surface area contributed by atoms with Crippen LogP contribution in [0.25, 0.3) is 0 Å². The van der Waals surface area contributed by atoms with Gasteiger partial charge in [0.2, 0.25) is 5.91 Å². The quantitative estimate of drug-likeness (QED) is 0.851. The topological polar surface area (TPSA) is 50.4 Å². The van der Waals surface area contributed by atoms with Gasteiger partial charge >= 0.3 is 0 Å². The zero-order valence-electron chi connectivity index (χ0n) is 11.0. The number of fused-ring (bicyclic) bond motifs is 1. The molecule has 0 saturated carbocycles. The summed E-state index contributed by atoms with van der Waals surface area (Å²) in [6, 6.07) is 8.27. The van der Waals surface area contributed by atoms with Gasteiger partial charge in [-0.05, 0) is 37.3 Å². The van der Waals surface area contributed by atoms with Gasteiger partial charge in [0, 0.05) is 12.3 Å². The van der Waals surface area contributed by atoms with Crippen molar-refractivity contribution < 1.29 is 9.53 Å². The molecule has 102 valence electrons. The third-order valence-electron chi connectivity index (χ3n) is 3.87. The molecule has 0 radical (unpaired) electrons. The second-order valence-corrected chi connectivity index (χ2v) is 5.32. The molecule has 0 spiro atoms. The highest BCUT2D eigenvalue weighted by molar-refractivity contribution is 5.85. The van der Waals surface area contributed by atoms with Gasteiger partial charge in [0.25, 0.3) is 0 Å². The van der Waals surface area contributed by atoms with Crippen molar-refractivity contribution in [3.63, 3.8) is 0 Å².